The number of ether oxygens (including phenoxy) is 3. The van der Waals surface area contributed by atoms with Gasteiger partial charge >= 0.3 is 5.97 Å². The molecule has 13 heteroatoms. The number of amides is 1. The number of piperidine rings is 1. The van der Waals surface area contributed by atoms with Gasteiger partial charge in [0, 0.05) is 44.2 Å². The highest BCUT2D eigenvalue weighted by atomic mass is 127. The predicted octanol–water partition coefficient (Wildman–Crippen LogP) is 8.31. The molecule has 62 heavy (non-hydrogen) atoms. The summed E-state index contributed by atoms with van der Waals surface area (Å²) in [4.78, 5) is 71.0. The second kappa shape index (κ2) is 24.7. The number of fused-ring (bicyclic) bond motifs is 3. The smallest absolute Gasteiger partial charge is 0.329 e. The summed E-state index contributed by atoms with van der Waals surface area (Å²) in [5.41, 5.74) is 1.60. The molecule has 4 aliphatic rings. The third-order valence-electron chi connectivity index (χ3n) is 13.9. The van der Waals surface area contributed by atoms with Crippen LogP contribution >= 0.6 is 23.0 Å². The minimum Gasteiger partial charge on any atom is -0.460 e. The molecule has 2 N–H and O–H groups in total. The van der Waals surface area contributed by atoms with E-state index in [9.17, 15) is 34.2 Å². The molecule has 1 aliphatic carbocycles. The van der Waals surface area contributed by atoms with Crippen LogP contribution in [-0.2, 0) is 41.2 Å². The standard InChI is InChI=1S/C49H74INO11/c1-30-14-10-9-11-15-31(2)24-32(3)40(52)28-41(53)33(4)25-34(5)42(54)29-44(35(6)26-37-19-22-43(62-50)45(27-37)59-8)60-48(57)39-16-12-13-23-51(39)47(56)46(55)49(58)36(7)18-21-38(61-49)20-17-30/h9-11,14-15,25,31-32,34-39,41,43-45,53,58H,12-13,16-24,26-29H2,1-8H3/b10-9+,15-11+,30-14+,33-25+/t31-,32-,34-,35-,36-,37+,38-,39+,41+,43-,44+,45-,49-/m1/s1. The van der Waals surface area contributed by atoms with E-state index in [0.29, 0.717) is 56.9 Å². The number of allylic oxidation sites excluding steroid dienone is 7. The molecule has 0 aromatic rings. The summed E-state index contributed by atoms with van der Waals surface area (Å²) in [6.07, 6.45) is 16.4. The third-order valence-corrected chi connectivity index (χ3v) is 14.5. The molecule has 348 valence electrons. The van der Waals surface area contributed by atoms with Crippen LogP contribution in [0.15, 0.2) is 47.6 Å². The van der Waals surface area contributed by atoms with Crippen LogP contribution < -0.4 is 0 Å². The largest absolute Gasteiger partial charge is 0.460 e. The molecule has 0 aromatic carbocycles. The number of ketones is 3. The monoisotopic (exact) mass is 979 g/mol. The van der Waals surface area contributed by atoms with Crippen molar-refractivity contribution in [3.63, 3.8) is 0 Å². The van der Waals surface area contributed by atoms with E-state index in [1.54, 1.807) is 34.0 Å². The van der Waals surface area contributed by atoms with Crippen molar-refractivity contribution in [3.8, 4) is 0 Å². The Labute approximate surface area is 384 Å². The second-order valence-electron chi connectivity index (χ2n) is 19.0. The summed E-state index contributed by atoms with van der Waals surface area (Å²) in [7, 11) is 1.67. The van der Waals surface area contributed by atoms with Crippen LogP contribution in [0.1, 0.15) is 138 Å². The molecule has 12 nitrogen and oxygen atoms in total. The first-order chi connectivity index (χ1) is 29.4. The molecule has 0 radical (unpaired) electrons. The van der Waals surface area contributed by atoms with Crippen LogP contribution in [0.4, 0.5) is 0 Å². The van der Waals surface area contributed by atoms with Crippen LogP contribution in [-0.4, -0.2) is 100 Å². The Hall–Kier alpha value is -2.56. The zero-order valence-corrected chi connectivity index (χ0v) is 40.6. The normalized spacial score (nSPS) is 39.4. The summed E-state index contributed by atoms with van der Waals surface area (Å²) in [5, 5.41) is 22.9. The number of Topliss-reactive ketones (excluding diaryl/α,β-unsaturated/α-hetero) is 3. The predicted molar refractivity (Wildman–Crippen MR) is 246 cm³/mol. The number of hydrogen-bond donors (Lipinski definition) is 2. The average molecular weight is 980 g/mol. The van der Waals surface area contributed by atoms with Gasteiger partial charge in [-0.05, 0) is 114 Å². The summed E-state index contributed by atoms with van der Waals surface area (Å²) in [6.45, 7) is 13.2. The van der Waals surface area contributed by atoms with Gasteiger partial charge in [0.25, 0.3) is 11.7 Å². The van der Waals surface area contributed by atoms with E-state index in [1.165, 1.54) is 4.90 Å². The van der Waals surface area contributed by atoms with Crippen molar-refractivity contribution in [2.75, 3.05) is 13.7 Å². The zero-order valence-electron chi connectivity index (χ0n) is 38.4. The molecular weight excluding hydrogens is 905 g/mol. The lowest BCUT2D eigenvalue weighted by Crippen LogP contribution is -2.60. The number of aliphatic hydroxyl groups is 2. The summed E-state index contributed by atoms with van der Waals surface area (Å²) in [5.74, 6) is -6.82. The number of aliphatic hydroxyl groups excluding tert-OH is 1. The number of esters is 1. The number of cyclic esters (lactones) is 1. The lowest BCUT2D eigenvalue weighted by Gasteiger charge is -2.42. The zero-order chi connectivity index (χ0) is 45.7. The maximum atomic E-state index is 14.3. The first-order valence-electron chi connectivity index (χ1n) is 23.1. The maximum absolute atomic E-state index is 14.3. The van der Waals surface area contributed by atoms with Crippen LogP contribution in [0.2, 0.25) is 0 Å². The van der Waals surface area contributed by atoms with Gasteiger partial charge in [-0.1, -0.05) is 76.6 Å². The van der Waals surface area contributed by atoms with E-state index in [2.05, 4.69) is 0 Å². The van der Waals surface area contributed by atoms with E-state index >= 15 is 0 Å². The number of halogens is 1. The van der Waals surface area contributed by atoms with Gasteiger partial charge in [-0.15, -0.1) is 0 Å². The first kappa shape index (κ1) is 52.1. The van der Waals surface area contributed by atoms with E-state index in [-0.39, 0.29) is 73.3 Å². The van der Waals surface area contributed by atoms with Crippen molar-refractivity contribution in [1.82, 2.24) is 4.90 Å². The van der Waals surface area contributed by atoms with Crippen molar-refractivity contribution in [2.45, 2.75) is 181 Å². The highest BCUT2D eigenvalue weighted by molar-refractivity contribution is 14.1. The lowest BCUT2D eigenvalue weighted by molar-refractivity contribution is -0.263. The minimum absolute atomic E-state index is 0.0280. The van der Waals surface area contributed by atoms with Crippen LogP contribution in [0.5, 0.6) is 0 Å². The SMILES string of the molecule is CO[C@@H]1C[C@H](C[C@@H](C)[C@@H]2CC(=O)[C@H](C)/C=C(\C)[C@@H](O)CC(=O)[C@H](C)C[C@H](C)/C=C/C=C/C=C(\C)CC[C@@H]3CC[C@@H](C)[C@@](O)(O3)C(=O)C(=O)N3CCCC[C@H]3C(=O)O2)CC[C@H]1OI. The molecule has 2 saturated heterocycles. The maximum Gasteiger partial charge on any atom is 0.329 e. The number of carbonyl (C=O) groups excluding carboxylic acids is 5. The number of methoxy groups -OCH3 is 1. The highest BCUT2D eigenvalue weighted by Crippen LogP contribution is 2.38. The fourth-order valence-corrected chi connectivity index (χ4v) is 10.2. The van der Waals surface area contributed by atoms with E-state index in [4.69, 9.17) is 17.3 Å². The van der Waals surface area contributed by atoms with Gasteiger partial charge in [-0.2, -0.15) is 0 Å². The van der Waals surface area contributed by atoms with Gasteiger partial charge < -0.3 is 32.4 Å². The van der Waals surface area contributed by atoms with Crippen molar-refractivity contribution in [2.24, 2.45) is 35.5 Å². The third kappa shape index (κ3) is 14.5. The van der Waals surface area contributed by atoms with Gasteiger partial charge in [-0.3, -0.25) is 19.2 Å². The van der Waals surface area contributed by atoms with Crippen molar-refractivity contribution in [1.29, 1.82) is 0 Å². The van der Waals surface area contributed by atoms with E-state index in [1.807, 2.05) is 81.1 Å². The number of carbonyl (C=O) groups is 5. The molecule has 0 spiro atoms. The minimum atomic E-state index is -2.34. The van der Waals surface area contributed by atoms with Crippen LogP contribution in [0.25, 0.3) is 0 Å². The molecule has 2 bridgehead atoms. The van der Waals surface area contributed by atoms with Gasteiger partial charge in [0.15, 0.2) is 0 Å². The Morgan fingerprint density at radius 3 is 2.35 bits per heavy atom. The van der Waals surface area contributed by atoms with E-state index < -0.39 is 59.6 Å². The highest BCUT2D eigenvalue weighted by Gasteiger charge is 2.52. The van der Waals surface area contributed by atoms with Gasteiger partial charge in [0.2, 0.25) is 5.79 Å². The van der Waals surface area contributed by atoms with Crippen molar-refractivity contribution < 1.29 is 51.5 Å². The lowest BCUT2D eigenvalue weighted by atomic mass is 9.78. The van der Waals surface area contributed by atoms with Gasteiger partial charge in [0.05, 0.1) is 24.4 Å². The molecule has 3 fully saturated rings. The molecule has 3 heterocycles. The fraction of sp³-hybridized carbons (Fsp3) is 0.735. The van der Waals surface area contributed by atoms with Crippen molar-refractivity contribution >= 4 is 52.2 Å². The van der Waals surface area contributed by atoms with Crippen LogP contribution in [0, 0.1) is 35.5 Å². The second-order valence-corrected chi connectivity index (χ2v) is 19.5. The molecule has 1 amide bonds. The van der Waals surface area contributed by atoms with E-state index in [0.717, 1.165) is 24.8 Å². The Bertz CT molecular complexity index is 1670. The Morgan fingerprint density at radius 2 is 1.65 bits per heavy atom. The quantitative estimate of drug-likeness (QED) is 0.118. The topological polar surface area (TPSA) is 166 Å². The molecular formula is C49H74INO11. The summed E-state index contributed by atoms with van der Waals surface area (Å²) >= 11 is 1.91. The molecule has 13 atom stereocenters. The Balaban J connectivity index is 1.64. The number of nitrogens with zero attached hydrogens (tertiary/aromatic N) is 1. The van der Waals surface area contributed by atoms with Gasteiger partial charge in [0.1, 0.15) is 46.7 Å². The molecule has 3 aliphatic heterocycles. The average Bonchev–Trinajstić information content (AvgIpc) is 3.25. The Morgan fingerprint density at radius 1 is 0.903 bits per heavy atom. The van der Waals surface area contributed by atoms with Crippen molar-refractivity contribution in [3.05, 3.63) is 47.6 Å². The number of rotatable bonds is 5. The first-order valence-corrected chi connectivity index (χ1v) is 23.9. The molecule has 0 aromatic heterocycles. The number of hydrogen-bond acceptors (Lipinski definition) is 11. The molecule has 4 rings (SSSR count). The summed E-state index contributed by atoms with van der Waals surface area (Å²) in [6, 6.07) is -1.08. The molecule has 0 unspecified atom stereocenters. The fourth-order valence-electron chi connectivity index (χ4n) is 9.57. The summed E-state index contributed by atoms with van der Waals surface area (Å²) < 4.78 is 23.8. The van der Waals surface area contributed by atoms with Crippen LogP contribution in [0.3, 0.4) is 0 Å². The Kier molecular flexibility index (Phi) is 20.7. The molecule has 1 saturated carbocycles. The van der Waals surface area contributed by atoms with Gasteiger partial charge in [-0.25, -0.2) is 4.79 Å².